The van der Waals surface area contributed by atoms with Gasteiger partial charge in [-0.25, -0.2) is 4.79 Å². The number of carbonyl (C=O) groups is 2. The van der Waals surface area contributed by atoms with E-state index in [0.29, 0.717) is 22.9 Å². The molecule has 2 heterocycles. The molecule has 0 atom stereocenters. The van der Waals surface area contributed by atoms with Crippen LogP contribution < -0.4 is 5.32 Å². The van der Waals surface area contributed by atoms with Crippen molar-refractivity contribution in [3.8, 4) is 0 Å². The minimum Gasteiger partial charge on any atom is -0.462 e. The van der Waals surface area contributed by atoms with Crippen LogP contribution in [0.15, 0.2) is 6.07 Å². The van der Waals surface area contributed by atoms with Gasteiger partial charge in [0.1, 0.15) is 11.5 Å². The molecule has 0 spiro atoms. The van der Waals surface area contributed by atoms with E-state index in [1.807, 2.05) is 6.92 Å². The molecule has 0 saturated carbocycles. The first-order valence-corrected chi connectivity index (χ1v) is 10.0. The maximum atomic E-state index is 12.6. The molecule has 1 aliphatic carbocycles. The molecule has 150 valence electrons. The number of esters is 1. The van der Waals surface area contributed by atoms with E-state index in [1.165, 1.54) is 22.1 Å². The van der Waals surface area contributed by atoms with Gasteiger partial charge >= 0.3 is 11.8 Å². The van der Waals surface area contributed by atoms with Crippen LogP contribution in [0.5, 0.6) is 0 Å². The number of fused-ring (bicyclic) bond motifs is 1. The van der Waals surface area contributed by atoms with E-state index >= 15 is 0 Å². The van der Waals surface area contributed by atoms with Gasteiger partial charge in [0.15, 0.2) is 0 Å². The maximum absolute atomic E-state index is 12.6. The molecular formula is C18H22N4O5S. The summed E-state index contributed by atoms with van der Waals surface area (Å²) >= 11 is 1.41. The number of nitrogens with one attached hydrogen (secondary N) is 1. The van der Waals surface area contributed by atoms with Gasteiger partial charge in [-0.15, -0.1) is 11.3 Å². The molecule has 0 aliphatic heterocycles. The number of amides is 1. The fourth-order valence-electron chi connectivity index (χ4n) is 3.18. The first-order valence-electron chi connectivity index (χ1n) is 9.21. The highest BCUT2D eigenvalue weighted by Crippen LogP contribution is 2.38. The quantitative estimate of drug-likeness (QED) is 0.429. The lowest BCUT2D eigenvalue weighted by Crippen LogP contribution is -2.21. The largest absolute Gasteiger partial charge is 0.462 e. The van der Waals surface area contributed by atoms with Crippen molar-refractivity contribution >= 4 is 34.0 Å². The van der Waals surface area contributed by atoms with Crippen LogP contribution in [0.2, 0.25) is 0 Å². The Morgan fingerprint density at radius 3 is 2.82 bits per heavy atom. The molecule has 9 nitrogen and oxygen atoms in total. The number of rotatable bonds is 7. The summed E-state index contributed by atoms with van der Waals surface area (Å²) in [6, 6.07) is 1.31. The Morgan fingerprint density at radius 1 is 1.39 bits per heavy atom. The summed E-state index contributed by atoms with van der Waals surface area (Å²) in [5.74, 6) is -1.12. The Hall–Kier alpha value is -2.75. The Morgan fingerprint density at radius 2 is 2.14 bits per heavy atom. The number of hydrogen-bond donors (Lipinski definition) is 1. The van der Waals surface area contributed by atoms with Gasteiger partial charge < -0.3 is 20.2 Å². The van der Waals surface area contributed by atoms with Gasteiger partial charge in [-0.05, 0) is 49.5 Å². The highest BCUT2D eigenvalue weighted by molar-refractivity contribution is 7.17. The van der Waals surface area contributed by atoms with Crippen molar-refractivity contribution < 1.29 is 19.2 Å². The predicted octanol–water partition coefficient (Wildman–Crippen LogP) is 3.25. The zero-order valence-corrected chi connectivity index (χ0v) is 16.6. The lowest BCUT2D eigenvalue weighted by atomic mass is 9.95. The average molecular weight is 406 g/mol. The van der Waals surface area contributed by atoms with E-state index in [0.717, 1.165) is 42.5 Å². The second kappa shape index (κ2) is 8.51. The van der Waals surface area contributed by atoms with Crippen LogP contribution in [0.4, 0.5) is 10.8 Å². The van der Waals surface area contributed by atoms with Gasteiger partial charge in [0.05, 0.1) is 29.0 Å². The molecule has 1 amide bonds. The topological polar surface area (TPSA) is 116 Å². The molecule has 1 N–H and O–H groups in total. The Bertz CT molecular complexity index is 917. The van der Waals surface area contributed by atoms with E-state index in [2.05, 4.69) is 10.4 Å². The minimum absolute atomic E-state index is 0.175. The van der Waals surface area contributed by atoms with Crippen LogP contribution in [-0.2, 0) is 28.9 Å². The van der Waals surface area contributed by atoms with Crippen LogP contribution in [-0.4, -0.2) is 33.2 Å². The number of anilines is 1. The summed E-state index contributed by atoms with van der Waals surface area (Å²) in [4.78, 5) is 36.4. The van der Waals surface area contributed by atoms with E-state index in [1.54, 1.807) is 6.92 Å². The second-order valence-corrected chi connectivity index (χ2v) is 7.76. The van der Waals surface area contributed by atoms with Crippen molar-refractivity contribution in [1.29, 1.82) is 0 Å². The van der Waals surface area contributed by atoms with Crippen molar-refractivity contribution in [2.45, 2.75) is 52.5 Å². The SMILES string of the molecule is CCCOC(=O)c1c(NC(=O)Cn2nc([N+](=O)[O-])cc2C)sc2c1CCCC2. The highest BCUT2D eigenvalue weighted by atomic mass is 32.1. The molecule has 0 saturated heterocycles. The van der Waals surface area contributed by atoms with E-state index in [4.69, 9.17) is 4.74 Å². The predicted molar refractivity (Wildman–Crippen MR) is 104 cm³/mol. The number of aryl methyl sites for hydroxylation is 2. The zero-order chi connectivity index (χ0) is 20.3. The fourth-order valence-corrected chi connectivity index (χ4v) is 4.47. The molecular weight excluding hydrogens is 384 g/mol. The molecule has 0 radical (unpaired) electrons. The van der Waals surface area contributed by atoms with Crippen LogP contribution >= 0.6 is 11.3 Å². The lowest BCUT2D eigenvalue weighted by molar-refractivity contribution is -0.389. The van der Waals surface area contributed by atoms with Gasteiger partial charge in [0.25, 0.3) is 0 Å². The van der Waals surface area contributed by atoms with E-state index in [9.17, 15) is 19.7 Å². The molecule has 0 aromatic carbocycles. The zero-order valence-electron chi connectivity index (χ0n) is 15.8. The van der Waals surface area contributed by atoms with Gasteiger partial charge in [-0.1, -0.05) is 6.92 Å². The number of ether oxygens (including phenoxy) is 1. The molecule has 10 heteroatoms. The average Bonchev–Trinajstić information content (AvgIpc) is 3.20. The molecule has 28 heavy (non-hydrogen) atoms. The monoisotopic (exact) mass is 406 g/mol. The van der Waals surface area contributed by atoms with Crippen LogP contribution in [0.25, 0.3) is 0 Å². The Labute approximate surface area is 165 Å². The van der Waals surface area contributed by atoms with E-state index < -0.39 is 16.8 Å². The number of nitrogens with zero attached hydrogens (tertiary/aromatic N) is 3. The molecule has 0 bridgehead atoms. The molecule has 1 aliphatic rings. The van der Waals surface area contributed by atoms with Crippen LogP contribution in [0, 0.1) is 17.0 Å². The number of carbonyl (C=O) groups excluding carboxylic acids is 2. The molecule has 0 unspecified atom stereocenters. The first kappa shape index (κ1) is 20.0. The summed E-state index contributed by atoms with van der Waals surface area (Å²) in [5.41, 5.74) is 1.93. The van der Waals surface area contributed by atoms with Gasteiger partial charge in [0, 0.05) is 4.88 Å². The third kappa shape index (κ3) is 4.22. The summed E-state index contributed by atoms with van der Waals surface area (Å²) in [6.07, 6.45) is 4.45. The summed E-state index contributed by atoms with van der Waals surface area (Å²) in [5, 5.41) is 17.9. The molecule has 2 aromatic rings. The summed E-state index contributed by atoms with van der Waals surface area (Å²) in [7, 11) is 0. The minimum atomic E-state index is -0.601. The van der Waals surface area contributed by atoms with Crippen molar-refractivity contribution in [3.63, 3.8) is 0 Å². The third-order valence-electron chi connectivity index (χ3n) is 4.51. The first-order chi connectivity index (χ1) is 13.4. The summed E-state index contributed by atoms with van der Waals surface area (Å²) in [6.45, 7) is 3.72. The third-order valence-corrected chi connectivity index (χ3v) is 5.72. The summed E-state index contributed by atoms with van der Waals surface area (Å²) < 4.78 is 6.59. The number of thiophene rings is 1. The lowest BCUT2D eigenvalue weighted by Gasteiger charge is -2.12. The second-order valence-electron chi connectivity index (χ2n) is 6.66. The Balaban J connectivity index is 1.81. The van der Waals surface area contributed by atoms with Crippen LogP contribution in [0.1, 0.15) is 52.7 Å². The smallest absolute Gasteiger partial charge is 0.390 e. The maximum Gasteiger partial charge on any atom is 0.390 e. The van der Waals surface area contributed by atoms with Crippen molar-refractivity contribution in [3.05, 3.63) is 37.9 Å². The molecule has 0 fully saturated rings. The number of nitro groups is 1. The van der Waals surface area contributed by atoms with Crippen molar-refractivity contribution in [2.75, 3.05) is 11.9 Å². The van der Waals surface area contributed by atoms with Crippen LogP contribution in [0.3, 0.4) is 0 Å². The van der Waals surface area contributed by atoms with Gasteiger partial charge in [0.2, 0.25) is 5.91 Å². The van der Waals surface area contributed by atoms with Gasteiger partial charge in [-0.2, -0.15) is 4.68 Å². The highest BCUT2D eigenvalue weighted by Gasteiger charge is 2.28. The van der Waals surface area contributed by atoms with E-state index in [-0.39, 0.29) is 12.4 Å². The van der Waals surface area contributed by atoms with Crippen molar-refractivity contribution in [2.24, 2.45) is 0 Å². The van der Waals surface area contributed by atoms with Gasteiger partial charge in [-0.3, -0.25) is 4.79 Å². The molecule has 2 aromatic heterocycles. The number of aromatic nitrogens is 2. The standard InChI is InChI=1S/C18H22N4O5S/c1-3-8-27-18(24)16-12-6-4-5-7-13(12)28-17(16)19-15(23)10-21-11(2)9-14(20-21)22(25)26/h9H,3-8,10H2,1-2H3,(H,19,23). The Kier molecular flexibility index (Phi) is 6.08. The van der Waals surface area contributed by atoms with Crippen molar-refractivity contribution in [1.82, 2.24) is 9.78 Å². The fraction of sp³-hybridized carbons (Fsp3) is 0.500. The number of hydrogen-bond acceptors (Lipinski definition) is 7. The normalized spacial score (nSPS) is 13.1. The molecule has 3 rings (SSSR count).